The molecule has 0 spiro atoms. The fourth-order valence-electron chi connectivity index (χ4n) is 1.21. The topological polar surface area (TPSA) is 31.4 Å². The zero-order chi connectivity index (χ0) is 9.31. The summed E-state index contributed by atoms with van der Waals surface area (Å²) in [4.78, 5) is 0. The van der Waals surface area contributed by atoms with Gasteiger partial charge in [0.15, 0.2) is 0 Å². The predicted molar refractivity (Wildman–Crippen MR) is 53.2 cm³/mol. The smallest absolute Gasteiger partial charge is 0.406 e. The zero-order valence-electron chi connectivity index (χ0n) is 7.82. The van der Waals surface area contributed by atoms with Crippen LogP contribution in [0.3, 0.4) is 0 Å². The van der Waals surface area contributed by atoms with Crippen molar-refractivity contribution in [2.75, 3.05) is 13.2 Å². The number of hydrogen-bond donors (Lipinski definition) is 0. The van der Waals surface area contributed by atoms with E-state index in [4.69, 9.17) is 9.31 Å². The number of rotatable bonds is 1. The molecule has 3 nitrogen and oxygen atoms in total. The summed E-state index contributed by atoms with van der Waals surface area (Å²) in [6, 6.07) is 1.94. The van der Waals surface area contributed by atoms with Gasteiger partial charge in [0.2, 0.25) is 0 Å². The Kier molecular flexibility index (Phi) is 2.40. The van der Waals surface area contributed by atoms with Crippen LogP contribution in [0, 0.1) is 5.41 Å². The molecule has 0 amide bonds. The van der Waals surface area contributed by atoms with E-state index in [0.29, 0.717) is 0 Å². The Balaban J connectivity index is 1.99. The van der Waals surface area contributed by atoms with Crippen molar-refractivity contribution in [2.45, 2.75) is 13.8 Å². The summed E-state index contributed by atoms with van der Waals surface area (Å²) in [5, 5.41) is 1.93. The fourth-order valence-corrected chi connectivity index (χ4v) is 1.74. The van der Waals surface area contributed by atoms with E-state index in [2.05, 4.69) is 18.2 Å². The molecule has 1 aliphatic heterocycles. The Morgan fingerprint density at radius 3 is 2.69 bits per heavy atom. The van der Waals surface area contributed by atoms with Gasteiger partial charge in [0.1, 0.15) is 0 Å². The van der Waals surface area contributed by atoms with Crippen molar-refractivity contribution in [2.24, 2.45) is 5.41 Å². The Hall–Kier alpha value is -0.385. The quantitative estimate of drug-likeness (QED) is 0.627. The second kappa shape index (κ2) is 3.40. The van der Waals surface area contributed by atoms with Crippen LogP contribution in [0.2, 0.25) is 0 Å². The third kappa shape index (κ3) is 2.10. The third-order valence-corrected chi connectivity index (χ3v) is 2.52. The standard InChI is InChI=1S/C8H12BNO2S/c1-8(2)5-11-9(12-6-8)7-3-4-13-10-7/h3-4H,5-6H2,1-2H3. The van der Waals surface area contributed by atoms with E-state index < -0.39 is 0 Å². The van der Waals surface area contributed by atoms with Crippen molar-refractivity contribution < 1.29 is 9.31 Å². The summed E-state index contributed by atoms with van der Waals surface area (Å²) in [5.74, 6) is 0. The van der Waals surface area contributed by atoms with Crippen molar-refractivity contribution >= 4 is 24.2 Å². The molecule has 0 bridgehead atoms. The highest BCUT2D eigenvalue weighted by Crippen LogP contribution is 2.21. The van der Waals surface area contributed by atoms with Crippen molar-refractivity contribution in [1.82, 2.24) is 4.37 Å². The Bertz CT molecular complexity index is 266. The second-order valence-electron chi connectivity index (χ2n) is 4.04. The molecule has 0 aliphatic carbocycles. The van der Waals surface area contributed by atoms with Crippen molar-refractivity contribution in [3.8, 4) is 0 Å². The van der Waals surface area contributed by atoms with E-state index in [0.717, 1.165) is 18.8 Å². The summed E-state index contributed by atoms with van der Waals surface area (Å²) in [6.45, 7) is 5.72. The summed E-state index contributed by atoms with van der Waals surface area (Å²) < 4.78 is 15.3. The van der Waals surface area contributed by atoms with Gasteiger partial charge in [-0.1, -0.05) is 13.8 Å². The first-order chi connectivity index (χ1) is 6.17. The first kappa shape index (κ1) is 9.18. The molecular weight excluding hydrogens is 185 g/mol. The first-order valence-electron chi connectivity index (χ1n) is 4.31. The van der Waals surface area contributed by atoms with E-state index in [1.54, 1.807) is 0 Å². The maximum atomic E-state index is 5.56. The molecule has 1 aromatic rings. The molecule has 2 heterocycles. The van der Waals surface area contributed by atoms with E-state index in [-0.39, 0.29) is 12.5 Å². The van der Waals surface area contributed by atoms with Crippen LogP contribution in [0.5, 0.6) is 0 Å². The molecule has 1 fully saturated rings. The largest absolute Gasteiger partial charge is 0.514 e. The van der Waals surface area contributed by atoms with Gasteiger partial charge < -0.3 is 9.31 Å². The third-order valence-electron chi connectivity index (χ3n) is 1.95. The molecule has 1 aliphatic rings. The molecule has 2 rings (SSSR count). The van der Waals surface area contributed by atoms with Crippen LogP contribution in [-0.4, -0.2) is 24.7 Å². The van der Waals surface area contributed by atoms with Gasteiger partial charge in [-0.3, -0.25) is 0 Å². The maximum absolute atomic E-state index is 5.56. The number of aromatic nitrogens is 1. The van der Waals surface area contributed by atoms with Gasteiger partial charge in [-0.2, -0.15) is 0 Å². The molecule has 0 radical (unpaired) electrons. The lowest BCUT2D eigenvalue weighted by atomic mass is 9.80. The fraction of sp³-hybridized carbons (Fsp3) is 0.625. The van der Waals surface area contributed by atoms with Gasteiger partial charge in [-0.25, -0.2) is 4.37 Å². The Labute approximate surface area is 82.4 Å². The van der Waals surface area contributed by atoms with Crippen LogP contribution in [0.15, 0.2) is 11.4 Å². The van der Waals surface area contributed by atoms with E-state index in [9.17, 15) is 0 Å². The molecule has 1 saturated heterocycles. The van der Waals surface area contributed by atoms with Gasteiger partial charge in [-0.05, 0) is 17.6 Å². The molecule has 0 saturated carbocycles. The highest BCUT2D eigenvalue weighted by atomic mass is 32.1. The van der Waals surface area contributed by atoms with Crippen LogP contribution in [-0.2, 0) is 9.31 Å². The molecule has 70 valence electrons. The average molecular weight is 197 g/mol. The minimum absolute atomic E-state index is 0.131. The zero-order valence-corrected chi connectivity index (χ0v) is 8.63. The number of hydrogen-bond acceptors (Lipinski definition) is 4. The van der Waals surface area contributed by atoms with Gasteiger partial charge in [0, 0.05) is 24.0 Å². The SMILES string of the molecule is CC1(C)COB(c2ccsn2)OC1. The molecule has 0 atom stereocenters. The molecule has 5 heteroatoms. The Morgan fingerprint density at radius 2 is 2.15 bits per heavy atom. The monoisotopic (exact) mass is 197 g/mol. The van der Waals surface area contributed by atoms with Crippen LogP contribution in [0.1, 0.15) is 13.8 Å². The lowest BCUT2D eigenvalue weighted by Gasteiger charge is -2.32. The average Bonchev–Trinajstić information content (AvgIpc) is 2.56. The van der Waals surface area contributed by atoms with E-state index in [1.165, 1.54) is 11.5 Å². The van der Waals surface area contributed by atoms with Crippen LogP contribution >= 0.6 is 11.5 Å². The van der Waals surface area contributed by atoms with Crippen LogP contribution < -0.4 is 5.59 Å². The summed E-state index contributed by atoms with van der Waals surface area (Å²) in [6.07, 6.45) is 0. The summed E-state index contributed by atoms with van der Waals surface area (Å²) in [7, 11) is -0.251. The highest BCUT2D eigenvalue weighted by molar-refractivity contribution is 7.04. The molecule has 13 heavy (non-hydrogen) atoms. The van der Waals surface area contributed by atoms with Crippen molar-refractivity contribution in [1.29, 1.82) is 0 Å². The summed E-state index contributed by atoms with van der Waals surface area (Å²) in [5.41, 5.74) is 1.02. The van der Waals surface area contributed by atoms with Crippen molar-refractivity contribution in [3.63, 3.8) is 0 Å². The Morgan fingerprint density at radius 1 is 1.46 bits per heavy atom. The lowest BCUT2D eigenvalue weighted by molar-refractivity contribution is 0.0340. The van der Waals surface area contributed by atoms with Gasteiger partial charge in [0.25, 0.3) is 0 Å². The predicted octanol–water partition coefficient (Wildman–Crippen LogP) is 0.911. The molecular formula is C8H12BNO2S. The highest BCUT2D eigenvalue weighted by Gasteiger charge is 2.34. The molecule has 0 unspecified atom stereocenters. The first-order valence-corrected chi connectivity index (χ1v) is 5.14. The van der Waals surface area contributed by atoms with Gasteiger partial charge >= 0.3 is 7.12 Å². The van der Waals surface area contributed by atoms with Crippen LogP contribution in [0.4, 0.5) is 0 Å². The van der Waals surface area contributed by atoms with Gasteiger partial charge in [-0.15, -0.1) is 0 Å². The molecule has 0 N–H and O–H groups in total. The normalized spacial score (nSPS) is 21.8. The second-order valence-corrected chi connectivity index (χ2v) is 4.71. The number of nitrogens with zero attached hydrogens (tertiary/aromatic N) is 1. The minimum atomic E-state index is -0.251. The molecule has 0 aromatic carbocycles. The van der Waals surface area contributed by atoms with Gasteiger partial charge in [0.05, 0.1) is 5.59 Å². The molecule has 1 aromatic heterocycles. The van der Waals surface area contributed by atoms with Crippen LogP contribution in [0.25, 0.3) is 0 Å². The summed E-state index contributed by atoms with van der Waals surface area (Å²) >= 11 is 1.42. The van der Waals surface area contributed by atoms with E-state index in [1.807, 2.05) is 11.4 Å². The lowest BCUT2D eigenvalue weighted by Crippen LogP contribution is -2.47. The minimum Gasteiger partial charge on any atom is -0.406 e. The van der Waals surface area contributed by atoms with E-state index >= 15 is 0 Å². The maximum Gasteiger partial charge on any atom is 0.514 e. The van der Waals surface area contributed by atoms with Crippen molar-refractivity contribution in [3.05, 3.63) is 11.4 Å².